The van der Waals surface area contributed by atoms with Crippen LogP contribution in [-0.4, -0.2) is 17.4 Å². The van der Waals surface area contributed by atoms with Crippen LogP contribution >= 0.6 is 11.8 Å². The van der Waals surface area contributed by atoms with Crippen LogP contribution in [-0.2, 0) is 4.79 Å². The van der Waals surface area contributed by atoms with Crippen LogP contribution < -0.4 is 15.2 Å². The van der Waals surface area contributed by atoms with Gasteiger partial charge in [0.15, 0.2) is 23.0 Å². The average Bonchev–Trinajstić information content (AvgIpc) is 2.54. The number of hydrogen-bond acceptors (Lipinski definition) is 4. The summed E-state index contributed by atoms with van der Waals surface area (Å²) in [6.45, 7) is 0. The van der Waals surface area contributed by atoms with E-state index in [0.29, 0.717) is 28.8 Å². The summed E-state index contributed by atoms with van der Waals surface area (Å²) in [5.41, 5.74) is 6.12. The molecule has 1 amide bonds. The molecule has 2 aromatic rings. The van der Waals surface area contributed by atoms with E-state index in [1.54, 1.807) is 0 Å². The number of hydrogen-bond donors (Lipinski definition) is 1. The van der Waals surface area contributed by atoms with Crippen LogP contribution in [0.3, 0.4) is 0 Å². The smallest absolute Gasteiger partial charge is 0.227 e. The van der Waals surface area contributed by atoms with E-state index >= 15 is 0 Å². The van der Waals surface area contributed by atoms with Crippen molar-refractivity contribution in [3.8, 4) is 11.5 Å². The number of carbonyl (C=O) groups is 1. The number of rotatable bonds is 5. The summed E-state index contributed by atoms with van der Waals surface area (Å²) in [6, 6.07) is 17.3. The average molecular weight is 313 g/mol. The van der Waals surface area contributed by atoms with Crippen molar-refractivity contribution in [2.24, 2.45) is 5.73 Å². The highest BCUT2D eigenvalue weighted by atomic mass is 32.2. The summed E-state index contributed by atoms with van der Waals surface area (Å²) in [4.78, 5) is 10.9. The molecule has 0 unspecified atom stereocenters. The largest absolute Gasteiger partial charge is 0.453 e. The number of benzene rings is 2. The van der Waals surface area contributed by atoms with Crippen LogP contribution in [0.4, 0.5) is 0 Å². The van der Waals surface area contributed by atoms with Crippen LogP contribution in [0.1, 0.15) is 5.56 Å². The Labute approximate surface area is 132 Å². The van der Waals surface area contributed by atoms with Crippen LogP contribution in [0, 0.1) is 0 Å². The summed E-state index contributed by atoms with van der Waals surface area (Å²) in [6.07, 6.45) is 0. The SMILES string of the molecule is NC(=O)CSCC1=C(c2ccccc2)Oc2ccccc2O1. The van der Waals surface area contributed by atoms with Gasteiger partial charge in [0.2, 0.25) is 5.91 Å². The molecule has 1 aliphatic rings. The van der Waals surface area contributed by atoms with Gasteiger partial charge in [-0.3, -0.25) is 4.79 Å². The second-order valence-electron chi connectivity index (χ2n) is 4.73. The third kappa shape index (κ3) is 3.26. The highest BCUT2D eigenvalue weighted by Gasteiger charge is 2.22. The summed E-state index contributed by atoms with van der Waals surface area (Å²) < 4.78 is 12.0. The number of ether oxygens (including phenoxy) is 2. The third-order valence-corrected chi connectivity index (χ3v) is 4.02. The summed E-state index contributed by atoms with van der Waals surface area (Å²) in [5.74, 6) is 3.15. The zero-order chi connectivity index (χ0) is 15.4. The van der Waals surface area contributed by atoms with Gasteiger partial charge in [0.25, 0.3) is 0 Å². The number of carbonyl (C=O) groups excluding carboxylic acids is 1. The Morgan fingerprint density at radius 2 is 1.59 bits per heavy atom. The Bertz CT molecular complexity index is 713. The lowest BCUT2D eigenvalue weighted by Gasteiger charge is -2.23. The van der Waals surface area contributed by atoms with E-state index in [1.807, 2.05) is 54.6 Å². The standard InChI is InChI=1S/C17H15NO3S/c18-16(19)11-22-10-15-17(12-6-2-1-3-7-12)21-14-9-5-4-8-13(14)20-15/h1-9H,10-11H2,(H2,18,19). The first kappa shape index (κ1) is 14.5. The molecule has 2 aromatic carbocycles. The van der Waals surface area contributed by atoms with E-state index < -0.39 is 0 Å². The minimum absolute atomic E-state index is 0.247. The Morgan fingerprint density at radius 1 is 0.955 bits per heavy atom. The number of primary amides is 1. The lowest BCUT2D eigenvalue weighted by molar-refractivity contribution is -0.115. The fourth-order valence-electron chi connectivity index (χ4n) is 2.11. The minimum Gasteiger partial charge on any atom is -0.453 e. The van der Waals surface area contributed by atoms with Gasteiger partial charge in [-0.2, -0.15) is 0 Å². The number of para-hydroxylation sites is 2. The molecule has 0 radical (unpaired) electrons. The maximum atomic E-state index is 10.9. The molecule has 5 heteroatoms. The minimum atomic E-state index is -0.344. The van der Waals surface area contributed by atoms with Crippen molar-refractivity contribution >= 4 is 23.4 Å². The van der Waals surface area contributed by atoms with Gasteiger partial charge in [-0.1, -0.05) is 42.5 Å². The molecule has 0 fully saturated rings. The molecule has 112 valence electrons. The maximum absolute atomic E-state index is 10.9. The number of thioether (sulfide) groups is 1. The predicted molar refractivity (Wildman–Crippen MR) is 87.6 cm³/mol. The van der Waals surface area contributed by atoms with Crippen LogP contribution in [0.2, 0.25) is 0 Å². The van der Waals surface area contributed by atoms with Crippen molar-refractivity contribution in [2.45, 2.75) is 0 Å². The third-order valence-electron chi connectivity index (χ3n) is 3.06. The fourth-order valence-corrected chi connectivity index (χ4v) is 2.79. The Hall–Kier alpha value is -2.40. The van der Waals surface area contributed by atoms with E-state index in [-0.39, 0.29) is 11.7 Å². The summed E-state index contributed by atoms with van der Waals surface area (Å²) >= 11 is 1.40. The van der Waals surface area contributed by atoms with E-state index in [0.717, 1.165) is 5.56 Å². The molecule has 0 aromatic heterocycles. The topological polar surface area (TPSA) is 61.6 Å². The monoisotopic (exact) mass is 313 g/mol. The first-order valence-electron chi connectivity index (χ1n) is 6.83. The summed E-state index contributed by atoms with van der Waals surface area (Å²) in [7, 11) is 0. The Morgan fingerprint density at radius 3 is 2.27 bits per heavy atom. The van der Waals surface area contributed by atoms with Crippen LogP contribution in [0.15, 0.2) is 60.4 Å². The second-order valence-corrected chi connectivity index (χ2v) is 5.71. The number of amides is 1. The highest BCUT2D eigenvalue weighted by molar-refractivity contribution is 8.00. The highest BCUT2D eigenvalue weighted by Crippen LogP contribution is 2.38. The Kier molecular flexibility index (Phi) is 4.34. The van der Waals surface area contributed by atoms with E-state index in [4.69, 9.17) is 15.2 Å². The van der Waals surface area contributed by atoms with Gasteiger partial charge < -0.3 is 15.2 Å². The predicted octanol–water partition coefficient (Wildman–Crippen LogP) is 3.05. The molecule has 1 heterocycles. The molecule has 0 spiro atoms. The zero-order valence-electron chi connectivity index (χ0n) is 11.8. The van der Waals surface area contributed by atoms with Crippen molar-refractivity contribution in [2.75, 3.05) is 11.5 Å². The lowest BCUT2D eigenvalue weighted by Crippen LogP contribution is -2.16. The molecule has 4 nitrogen and oxygen atoms in total. The molecular weight excluding hydrogens is 298 g/mol. The molecule has 0 atom stereocenters. The fraction of sp³-hybridized carbons (Fsp3) is 0.118. The molecule has 0 bridgehead atoms. The number of fused-ring (bicyclic) bond motifs is 1. The maximum Gasteiger partial charge on any atom is 0.227 e. The normalized spacial score (nSPS) is 13.1. The molecule has 22 heavy (non-hydrogen) atoms. The van der Waals surface area contributed by atoms with Gasteiger partial charge in [-0.15, -0.1) is 11.8 Å². The van der Waals surface area contributed by atoms with Gasteiger partial charge in [0, 0.05) is 5.56 Å². The first-order valence-corrected chi connectivity index (χ1v) is 7.99. The summed E-state index contributed by atoms with van der Waals surface area (Å²) in [5, 5.41) is 0. The quantitative estimate of drug-likeness (QED) is 0.921. The van der Waals surface area contributed by atoms with Crippen LogP contribution in [0.5, 0.6) is 11.5 Å². The van der Waals surface area contributed by atoms with Crippen molar-refractivity contribution in [3.05, 3.63) is 65.9 Å². The van der Waals surface area contributed by atoms with Gasteiger partial charge in [0.1, 0.15) is 0 Å². The van der Waals surface area contributed by atoms with Crippen molar-refractivity contribution in [3.63, 3.8) is 0 Å². The first-order chi connectivity index (χ1) is 10.7. The van der Waals surface area contributed by atoms with Gasteiger partial charge >= 0.3 is 0 Å². The van der Waals surface area contributed by atoms with E-state index in [9.17, 15) is 4.79 Å². The molecular formula is C17H15NO3S. The zero-order valence-corrected chi connectivity index (χ0v) is 12.6. The second kappa shape index (κ2) is 6.58. The van der Waals surface area contributed by atoms with Gasteiger partial charge in [-0.05, 0) is 12.1 Å². The molecule has 0 saturated carbocycles. The van der Waals surface area contributed by atoms with E-state index in [1.165, 1.54) is 11.8 Å². The van der Waals surface area contributed by atoms with Gasteiger partial charge in [0.05, 0.1) is 11.5 Å². The van der Waals surface area contributed by atoms with Crippen molar-refractivity contribution in [1.82, 2.24) is 0 Å². The molecule has 3 rings (SSSR count). The lowest BCUT2D eigenvalue weighted by atomic mass is 10.1. The van der Waals surface area contributed by atoms with Crippen LogP contribution in [0.25, 0.3) is 5.76 Å². The molecule has 0 aliphatic carbocycles. The molecule has 1 aliphatic heterocycles. The van der Waals surface area contributed by atoms with Crippen molar-refractivity contribution in [1.29, 1.82) is 0 Å². The molecule has 2 N–H and O–H groups in total. The molecule has 0 saturated heterocycles. The van der Waals surface area contributed by atoms with Crippen molar-refractivity contribution < 1.29 is 14.3 Å². The number of nitrogens with two attached hydrogens (primary N) is 1. The Balaban J connectivity index is 1.91. The van der Waals surface area contributed by atoms with E-state index in [2.05, 4.69) is 0 Å². The van der Waals surface area contributed by atoms with Gasteiger partial charge in [-0.25, -0.2) is 0 Å².